The van der Waals surface area contributed by atoms with Crippen molar-refractivity contribution in [2.45, 2.75) is 38.5 Å². The molecular formula is C21H25NO4. The lowest BCUT2D eigenvalue weighted by atomic mass is 9.88. The summed E-state index contributed by atoms with van der Waals surface area (Å²) < 4.78 is 5.28. The molecule has 1 amide bonds. The van der Waals surface area contributed by atoms with Gasteiger partial charge < -0.3 is 15.2 Å². The maximum Gasteiger partial charge on any atom is 0.341 e. The molecule has 5 nitrogen and oxygen atoms in total. The van der Waals surface area contributed by atoms with Crippen LogP contribution < -0.4 is 10.1 Å². The number of hydrogen-bond donors (Lipinski definition) is 2. The molecule has 0 heterocycles. The molecule has 0 radical (unpaired) electrons. The Hall–Kier alpha value is -2.56. The first-order valence-corrected chi connectivity index (χ1v) is 9.27. The van der Waals surface area contributed by atoms with Crippen molar-refractivity contribution in [3.05, 3.63) is 42.0 Å². The molecule has 2 aromatic carbocycles. The van der Waals surface area contributed by atoms with E-state index in [0.717, 1.165) is 48.4 Å². The fourth-order valence-electron chi connectivity index (χ4n) is 3.60. The number of carboxylic acids is 1. The van der Waals surface area contributed by atoms with E-state index < -0.39 is 5.97 Å². The average molecular weight is 355 g/mol. The van der Waals surface area contributed by atoms with Crippen molar-refractivity contribution in [1.29, 1.82) is 0 Å². The Morgan fingerprint density at radius 3 is 2.69 bits per heavy atom. The monoisotopic (exact) mass is 355 g/mol. The lowest BCUT2D eigenvalue weighted by Gasteiger charge is -2.20. The molecule has 26 heavy (non-hydrogen) atoms. The second-order valence-electron chi connectivity index (χ2n) is 6.86. The van der Waals surface area contributed by atoms with Gasteiger partial charge in [-0.3, -0.25) is 4.79 Å². The number of ether oxygens (including phenoxy) is 1. The van der Waals surface area contributed by atoms with E-state index in [-0.39, 0.29) is 18.4 Å². The highest BCUT2D eigenvalue weighted by Crippen LogP contribution is 2.25. The van der Waals surface area contributed by atoms with Gasteiger partial charge in [0, 0.05) is 12.5 Å². The van der Waals surface area contributed by atoms with Gasteiger partial charge in [0.25, 0.3) is 0 Å². The van der Waals surface area contributed by atoms with E-state index in [0.29, 0.717) is 12.3 Å². The number of fused-ring (bicyclic) bond motifs is 1. The number of benzene rings is 2. The summed E-state index contributed by atoms with van der Waals surface area (Å²) in [5.74, 6) is -0.106. The second-order valence-corrected chi connectivity index (χ2v) is 6.86. The number of carboxylic acid groups (broad SMARTS) is 1. The van der Waals surface area contributed by atoms with Crippen LogP contribution in [0.2, 0.25) is 0 Å². The minimum Gasteiger partial charge on any atom is -0.482 e. The molecule has 138 valence electrons. The van der Waals surface area contributed by atoms with E-state index in [1.165, 1.54) is 6.42 Å². The van der Waals surface area contributed by atoms with Gasteiger partial charge in [-0.1, -0.05) is 43.5 Å². The average Bonchev–Trinajstić information content (AvgIpc) is 2.67. The van der Waals surface area contributed by atoms with Crippen LogP contribution in [0.5, 0.6) is 5.75 Å². The maximum atomic E-state index is 12.3. The van der Waals surface area contributed by atoms with Gasteiger partial charge in [0.05, 0.1) is 0 Å². The molecule has 0 aromatic heterocycles. The summed E-state index contributed by atoms with van der Waals surface area (Å²) in [7, 11) is 0. The van der Waals surface area contributed by atoms with Gasteiger partial charge in [0.15, 0.2) is 6.61 Å². The standard InChI is InChI=1S/C21H25NO4/c23-20(24)14-26-18-10-9-15-7-4-8-16(19(15)13-18)11-12-22-21(25)17-5-2-1-3-6-17/h4,7-10,13,17H,1-3,5-6,11-12,14H2,(H,22,25)(H,23,24). The minimum atomic E-state index is -0.996. The predicted molar refractivity (Wildman–Crippen MR) is 100 cm³/mol. The Kier molecular flexibility index (Phi) is 6.10. The van der Waals surface area contributed by atoms with Gasteiger partial charge in [-0.2, -0.15) is 0 Å². The number of aliphatic carboxylic acids is 1. The summed E-state index contributed by atoms with van der Waals surface area (Å²) in [5, 5.41) is 13.9. The predicted octanol–water partition coefficient (Wildman–Crippen LogP) is 3.54. The van der Waals surface area contributed by atoms with Crippen molar-refractivity contribution in [3.63, 3.8) is 0 Å². The molecule has 3 rings (SSSR count). The third-order valence-corrected chi connectivity index (χ3v) is 4.98. The zero-order chi connectivity index (χ0) is 18.4. The molecule has 2 N–H and O–H groups in total. The van der Waals surface area contributed by atoms with E-state index >= 15 is 0 Å². The maximum absolute atomic E-state index is 12.3. The van der Waals surface area contributed by atoms with Crippen molar-refractivity contribution >= 4 is 22.6 Å². The van der Waals surface area contributed by atoms with Gasteiger partial charge in [0.1, 0.15) is 5.75 Å². The minimum absolute atomic E-state index is 0.173. The van der Waals surface area contributed by atoms with Crippen LogP contribution in [0.1, 0.15) is 37.7 Å². The van der Waals surface area contributed by atoms with Crippen LogP contribution in [0.3, 0.4) is 0 Å². The van der Waals surface area contributed by atoms with Crippen LogP contribution in [0.4, 0.5) is 0 Å². The molecule has 5 heteroatoms. The first-order chi connectivity index (χ1) is 12.6. The highest BCUT2D eigenvalue weighted by molar-refractivity contribution is 5.87. The summed E-state index contributed by atoms with van der Waals surface area (Å²) in [6, 6.07) is 11.6. The molecule has 0 aliphatic heterocycles. The molecule has 1 aliphatic rings. The lowest BCUT2D eigenvalue weighted by molar-refractivity contribution is -0.139. The van der Waals surface area contributed by atoms with Gasteiger partial charge in [-0.15, -0.1) is 0 Å². The molecule has 1 aliphatic carbocycles. The number of carbonyl (C=O) groups is 2. The quantitative estimate of drug-likeness (QED) is 0.796. The molecular weight excluding hydrogens is 330 g/mol. The van der Waals surface area contributed by atoms with Gasteiger partial charge in [0.2, 0.25) is 5.91 Å². The Labute approximate surface area is 153 Å². The molecule has 1 fully saturated rings. The zero-order valence-corrected chi connectivity index (χ0v) is 14.9. The summed E-state index contributed by atoms with van der Waals surface area (Å²) >= 11 is 0. The summed E-state index contributed by atoms with van der Waals surface area (Å²) in [5.41, 5.74) is 1.12. The van der Waals surface area contributed by atoms with Gasteiger partial charge >= 0.3 is 5.97 Å². The number of carbonyl (C=O) groups excluding carboxylic acids is 1. The van der Waals surface area contributed by atoms with Crippen molar-refractivity contribution in [1.82, 2.24) is 5.32 Å². The summed E-state index contributed by atoms with van der Waals surface area (Å²) in [6.07, 6.45) is 6.29. The molecule has 0 saturated heterocycles. The lowest BCUT2D eigenvalue weighted by Crippen LogP contribution is -2.33. The molecule has 0 unspecified atom stereocenters. The van der Waals surface area contributed by atoms with Crippen molar-refractivity contribution in [2.75, 3.05) is 13.2 Å². The van der Waals surface area contributed by atoms with Crippen LogP contribution in [0.15, 0.2) is 36.4 Å². The SMILES string of the molecule is O=C(O)COc1ccc2cccc(CCNC(=O)C3CCCCC3)c2c1. The fraction of sp³-hybridized carbons (Fsp3) is 0.429. The first kappa shape index (κ1) is 18.2. The van der Waals surface area contributed by atoms with Crippen LogP contribution in [0, 0.1) is 5.92 Å². The summed E-state index contributed by atoms with van der Waals surface area (Å²) in [6.45, 7) is 0.250. The fourth-order valence-corrected chi connectivity index (χ4v) is 3.60. The van der Waals surface area contributed by atoms with E-state index in [9.17, 15) is 9.59 Å². The van der Waals surface area contributed by atoms with Crippen LogP contribution in [0.25, 0.3) is 10.8 Å². The van der Waals surface area contributed by atoms with Crippen LogP contribution in [-0.2, 0) is 16.0 Å². The summed E-state index contributed by atoms with van der Waals surface area (Å²) in [4.78, 5) is 22.9. The van der Waals surface area contributed by atoms with E-state index in [4.69, 9.17) is 9.84 Å². The van der Waals surface area contributed by atoms with Crippen LogP contribution in [-0.4, -0.2) is 30.1 Å². The zero-order valence-electron chi connectivity index (χ0n) is 14.9. The second kappa shape index (κ2) is 8.70. The molecule has 0 bridgehead atoms. The van der Waals surface area contributed by atoms with E-state index in [1.807, 2.05) is 30.3 Å². The van der Waals surface area contributed by atoms with E-state index in [1.54, 1.807) is 6.07 Å². The normalized spacial score (nSPS) is 14.9. The topological polar surface area (TPSA) is 75.6 Å². The smallest absolute Gasteiger partial charge is 0.341 e. The Morgan fingerprint density at radius 2 is 1.92 bits per heavy atom. The highest BCUT2D eigenvalue weighted by Gasteiger charge is 2.20. The third kappa shape index (κ3) is 4.75. The van der Waals surface area contributed by atoms with E-state index in [2.05, 4.69) is 5.32 Å². The third-order valence-electron chi connectivity index (χ3n) is 4.98. The first-order valence-electron chi connectivity index (χ1n) is 9.27. The van der Waals surface area contributed by atoms with Crippen molar-refractivity contribution in [2.24, 2.45) is 5.92 Å². The van der Waals surface area contributed by atoms with Gasteiger partial charge in [-0.25, -0.2) is 4.79 Å². The van der Waals surface area contributed by atoms with Crippen LogP contribution >= 0.6 is 0 Å². The molecule has 2 aromatic rings. The highest BCUT2D eigenvalue weighted by atomic mass is 16.5. The Balaban J connectivity index is 1.63. The number of rotatable bonds is 7. The number of amides is 1. The Bertz CT molecular complexity index is 781. The largest absolute Gasteiger partial charge is 0.482 e. The molecule has 1 saturated carbocycles. The molecule has 0 atom stereocenters. The number of nitrogens with one attached hydrogen (secondary N) is 1. The molecule has 0 spiro atoms. The Morgan fingerprint density at radius 1 is 1.12 bits per heavy atom. The van der Waals surface area contributed by atoms with Gasteiger partial charge in [-0.05, 0) is 47.7 Å². The van der Waals surface area contributed by atoms with Crippen molar-refractivity contribution in [3.8, 4) is 5.75 Å². The van der Waals surface area contributed by atoms with Crippen molar-refractivity contribution < 1.29 is 19.4 Å². The number of hydrogen-bond acceptors (Lipinski definition) is 3.